The summed E-state index contributed by atoms with van der Waals surface area (Å²) in [6.45, 7) is 1.47. The molecular weight excluding hydrogens is 542 g/mol. The first kappa shape index (κ1) is 30.7. The third kappa shape index (κ3) is 8.39. The highest BCUT2D eigenvalue weighted by molar-refractivity contribution is 5.91. The summed E-state index contributed by atoms with van der Waals surface area (Å²) < 4.78 is 35.8. The number of benzene rings is 3. The van der Waals surface area contributed by atoms with E-state index in [1.54, 1.807) is 24.3 Å². The van der Waals surface area contributed by atoms with Gasteiger partial charge in [-0.15, -0.1) is 0 Å². The van der Waals surface area contributed by atoms with Crippen molar-refractivity contribution in [3.05, 3.63) is 118 Å². The highest BCUT2D eigenvalue weighted by atomic mass is 16.7. The molecule has 0 spiro atoms. The van der Waals surface area contributed by atoms with Crippen molar-refractivity contribution in [1.82, 2.24) is 0 Å². The standard InChI is InChI=1S/C31H33N3O8/c1-21(35)41-29-28(39-19-23-13-7-4-8-14-23)27(38-18-22-11-5-3-6-12-22)26(42-31(29)37-2)20-40-30(36)25-16-10-9-15-24(25)17-33-34-32/h3-16,26-29,31H,17-20H2,1-2H3/t26-,27-,28+,29-,31-/m1/s1. The number of ether oxygens (including phenoxy) is 6. The van der Waals surface area contributed by atoms with Crippen LogP contribution in [0.2, 0.25) is 0 Å². The largest absolute Gasteiger partial charge is 0.459 e. The van der Waals surface area contributed by atoms with E-state index < -0.39 is 42.6 Å². The minimum absolute atomic E-state index is 0.00424. The SMILES string of the molecule is CO[C@@H]1O[C@H](COC(=O)c2ccccc2CN=[N+]=[N-])[C@@H](OCc2ccccc2)[C@H](OCc2ccccc2)[C@H]1OC(C)=O. The van der Waals surface area contributed by atoms with Crippen LogP contribution in [-0.4, -0.2) is 56.4 Å². The van der Waals surface area contributed by atoms with Crippen molar-refractivity contribution in [2.75, 3.05) is 13.7 Å². The maximum atomic E-state index is 13.1. The van der Waals surface area contributed by atoms with Crippen molar-refractivity contribution < 1.29 is 38.0 Å². The van der Waals surface area contributed by atoms with Gasteiger partial charge in [0, 0.05) is 18.9 Å². The highest BCUT2D eigenvalue weighted by Crippen LogP contribution is 2.31. The number of rotatable bonds is 13. The Balaban J connectivity index is 1.60. The van der Waals surface area contributed by atoms with Crippen LogP contribution in [0.4, 0.5) is 0 Å². The van der Waals surface area contributed by atoms with Crippen LogP contribution in [0.15, 0.2) is 90.0 Å². The fourth-order valence-corrected chi connectivity index (χ4v) is 4.64. The maximum absolute atomic E-state index is 13.1. The molecular formula is C31H33N3O8. The van der Waals surface area contributed by atoms with Crippen LogP contribution >= 0.6 is 0 Å². The van der Waals surface area contributed by atoms with Gasteiger partial charge in [0.1, 0.15) is 24.9 Å². The molecule has 0 amide bonds. The molecule has 0 aromatic heterocycles. The summed E-state index contributed by atoms with van der Waals surface area (Å²) in [5, 5.41) is 3.56. The Morgan fingerprint density at radius 1 is 0.857 bits per heavy atom. The van der Waals surface area contributed by atoms with Gasteiger partial charge < -0.3 is 28.4 Å². The Morgan fingerprint density at radius 2 is 1.45 bits per heavy atom. The van der Waals surface area contributed by atoms with E-state index in [1.165, 1.54) is 14.0 Å². The predicted octanol–water partition coefficient (Wildman–Crippen LogP) is 5.13. The van der Waals surface area contributed by atoms with Gasteiger partial charge >= 0.3 is 11.9 Å². The van der Waals surface area contributed by atoms with Crippen molar-refractivity contribution >= 4 is 11.9 Å². The third-order valence-electron chi connectivity index (χ3n) is 6.62. The van der Waals surface area contributed by atoms with Crippen molar-refractivity contribution in [3.8, 4) is 0 Å². The number of nitrogens with zero attached hydrogens (tertiary/aromatic N) is 3. The summed E-state index contributed by atoms with van der Waals surface area (Å²) in [6.07, 6.45) is -4.49. The first-order valence-electron chi connectivity index (χ1n) is 13.4. The van der Waals surface area contributed by atoms with Gasteiger partial charge in [-0.25, -0.2) is 4.79 Å². The van der Waals surface area contributed by atoms with Gasteiger partial charge in [0.15, 0.2) is 12.4 Å². The van der Waals surface area contributed by atoms with Gasteiger partial charge in [-0.1, -0.05) is 84.0 Å². The minimum Gasteiger partial charge on any atom is -0.459 e. The monoisotopic (exact) mass is 575 g/mol. The summed E-state index contributed by atoms with van der Waals surface area (Å²) in [6, 6.07) is 25.8. The molecule has 0 aliphatic carbocycles. The van der Waals surface area contributed by atoms with E-state index in [0.29, 0.717) is 5.56 Å². The fraction of sp³-hybridized carbons (Fsp3) is 0.355. The zero-order valence-corrected chi connectivity index (χ0v) is 23.4. The van der Waals surface area contributed by atoms with Gasteiger partial charge in [0.2, 0.25) is 0 Å². The summed E-state index contributed by atoms with van der Waals surface area (Å²) in [5.41, 5.74) is 11.3. The number of carbonyl (C=O) groups excluding carboxylic acids is 2. The molecule has 0 radical (unpaired) electrons. The average Bonchev–Trinajstić information content (AvgIpc) is 3.02. The van der Waals surface area contributed by atoms with Crippen LogP contribution in [0.25, 0.3) is 10.4 Å². The number of carbonyl (C=O) groups is 2. The van der Waals surface area contributed by atoms with Crippen molar-refractivity contribution in [3.63, 3.8) is 0 Å². The van der Waals surface area contributed by atoms with Crippen molar-refractivity contribution in [2.45, 2.75) is 57.4 Å². The molecule has 0 unspecified atom stereocenters. The van der Waals surface area contributed by atoms with Crippen LogP contribution in [0.3, 0.4) is 0 Å². The van der Waals surface area contributed by atoms with E-state index in [2.05, 4.69) is 10.0 Å². The molecule has 11 heteroatoms. The van der Waals surface area contributed by atoms with E-state index >= 15 is 0 Å². The van der Waals surface area contributed by atoms with Crippen LogP contribution in [0.5, 0.6) is 0 Å². The van der Waals surface area contributed by atoms with E-state index in [9.17, 15) is 9.59 Å². The Labute approximate surface area is 243 Å². The molecule has 11 nitrogen and oxygen atoms in total. The van der Waals surface area contributed by atoms with E-state index in [1.807, 2.05) is 60.7 Å². The second kappa shape index (κ2) is 15.7. The highest BCUT2D eigenvalue weighted by Gasteiger charge is 2.50. The van der Waals surface area contributed by atoms with E-state index in [-0.39, 0.29) is 31.9 Å². The van der Waals surface area contributed by atoms with E-state index in [0.717, 1.165) is 11.1 Å². The fourth-order valence-electron chi connectivity index (χ4n) is 4.64. The average molecular weight is 576 g/mol. The summed E-state index contributed by atoms with van der Waals surface area (Å²) in [7, 11) is 1.43. The van der Waals surface area contributed by atoms with Crippen molar-refractivity contribution in [2.24, 2.45) is 5.11 Å². The van der Waals surface area contributed by atoms with Crippen molar-refractivity contribution in [1.29, 1.82) is 0 Å². The number of hydrogen-bond acceptors (Lipinski definition) is 9. The predicted molar refractivity (Wildman–Crippen MR) is 151 cm³/mol. The lowest BCUT2D eigenvalue weighted by Crippen LogP contribution is -2.62. The zero-order valence-electron chi connectivity index (χ0n) is 23.4. The number of methoxy groups -OCH3 is 1. The second-order valence-electron chi connectivity index (χ2n) is 9.52. The first-order valence-corrected chi connectivity index (χ1v) is 13.4. The first-order chi connectivity index (χ1) is 20.5. The van der Waals surface area contributed by atoms with Gasteiger partial charge in [-0.3, -0.25) is 4.79 Å². The van der Waals surface area contributed by atoms with Crippen LogP contribution in [0.1, 0.15) is 34.0 Å². The van der Waals surface area contributed by atoms with Gasteiger partial charge in [0.25, 0.3) is 0 Å². The summed E-state index contributed by atoms with van der Waals surface area (Å²) in [5.74, 6) is -1.16. The van der Waals surface area contributed by atoms with Gasteiger partial charge in [0.05, 0.1) is 25.3 Å². The number of azide groups is 1. The molecule has 1 aliphatic rings. The molecule has 1 saturated heterocycles. The lowest BCUT2D eigenvalue weighted by molar-refractivity contribution is -0.313. The van der Waals surface area contributed by atoms with Crippen LogP contribution < -0.4 is 0 Å². The molecule has 4 rings (SSSR count). The third-order valence-corrected chi connectivity index (χ3v) is 6.62. The quantitative estimate of drug-likeness (QED) is 0.118. The topological polar surface area (TPSA) is 138 Å². The maximum Gasteiger partial charge on any atom is 0.338 e. The molecule has 220 valence electrons. The lowest BCUT2D eigenvalue weighted by atomic mass is 9.98. The lowest BCUT2D eigenvalue weighted by Gasteiger charge is -2.44. The van der Waals surface area contributed by atoms with Gasteiger partial charge in [-0.05, 0) is 28.3 Å². The molecule has 0 saturated carbocycles. The molecule has 3 aromatic rings. The van der Waals surface area contributed by atoms with E-state index in [4.69, 9.17) is 34.0 Å². The Morgan fingerprint density at radius 3 is 2.05 bits per heavy atom. The zero-order chi connectivity index (χ0) is 29.7. The molecule has 1 aliphatic heterocycles. The molecule has 0 bridgehead atoms. The molecule has 1 heterocycles. The van der Waals surface area contributed by atoms with Crippen LogP contribution in [0, 0.1) is 0 Å². The Kier molecular flexibility index (Phi) is 11.5. The van der Waals surface area contributed by atoms with Crippen LogP contribution in [-0.2, 0) is 53.0 Å². The summed E-state index contributed by atoms with van der Waals surface area (Å²) in [4.78, 5) is 28.0. The molecule has 3 aromatic carbocycles. The normalized spacial score (nSPS) is 21.6. The Bertz CT molecular complexity index is 1350. The summed E-state index contributed by atoms with van der Waals surface area (Å²) >= 11 is 0. The Hall–Kier alpha value is -4.25. The van der Waals surface area contributed by atoms with Gasteiger partial charge in [-0.2, -0.15) is 0 Å². The smallest absolute Gasteiger partial charge is 0.338 e. The number of esters is 2. The molecule has 42 heavy (non-hydrogen) atoms. The number of hydrogen-bond donors (Lipinski definition) is 0. The second-order valence-corrected chi connectivity index (χ2v) is 9.52. The minimum atomic E-state index is -1.02. The molecule has 1 fully saturated rings. The molecule has 5 atom stereocenters. The molecule has 0 N–H and O–H groups in total.